The van der Waals surface area contributed by atoms with Crippen molar-refractivity contribution in [2.75, 3.05) is 0 Å². The van der Waals surface area contributed by atoms with Crippen molar-refractivity contribution in [1.29, 1.82) is 0 Å². The van der Waals surface area contributed by atoms with E-state index in [-0.39, 0.29) is 0 Å². The Morgan fingerprint density at radius 3 is 2.47 bits per heavy atom. The standard InChI is InChI=1S/C15H24/c1-8(2)9-5-6-14(3)10-7-11-13(12(9)10)15(11,14)4/h8-13H,5-7H2,1-4H3/t9-,10+,11-,12?,13-,14-,15-/m1/s1. The van der Waals surface area contributed by atoms with Gasteiger partial charge in [-0.1, -0.05) is 27.7 Å². The van der Waals surface area contributed by atoms with Crippen LogP contribution in [-0.2, 0) is 0 Å². The van der Waals surface area contributed by atoms with E-state index in [1.807, 2.05) is 0 Å². The van der Waals surface area contributed by atoms with Crippen LogP contribution >= 0.6 is 0 Å². The zero-order chi connectivity index (χ0) is 10.6. The average Bonchev–Trinajstić information content (AvgIpc) is 2.49. The molecule has 0 heteroatoms. The van der Waals surface area contributed by atoms with Crippen LogP contribution in [0.5, 0.6) is 0 Å². The lowest BCUT2D eigenvalue weighted by Gasteiger charge is -2.44. The van der Waals surface area contributed by atoms with Crippen molar-refractivity contribution in [1.82, 2.24) is 0 Å². The zero-order valence-electron chi connectivity index (χ0n) is 10.6. The molecule has 5 aliphatic rings. The van der Waals surface area contributed by atoms with E-state index in [9.17, 15) is 0 Å². The van der Waals surface area contributed by atoms with Gasteiger partial charge in [-0.25, -0.2) is 0 Å². The van der Waals surface area contributed by atoms with E-state index in [1.165, 1.54) is 6.42 Å². The summed E-state index contributed by atoms with van der Waals surface area (Å²) in [6.07, 6.45) is 4.68. The van der Waals surface area contributed by atoms with Crippen molar-refractivity contribution < 1.29 is 0 Å². The molecule has 0 aromatic heterocycles. The van der Waals surface area contributed by atoms with E-state index >= 15 is 0 Å². The van der Waals surface area contributed by atoms with Crippen molar-refractivity contribution in [3.8, 4) is 0 Å². The monoisotopic (exact) mass is 204 g/mol. The van der Waals surface area contributed by atoms with Gasteiger partial charge in [0.1, 0.15) is 0 Å². The molecular weight excluding hydrogens is 180 g/mol. The lowest BCUT2D eigenvalue weighted by Crippen LogP contribution is -2.37. The smallest absolute Gasteiger partial charge is 0.0204 e. The van der Waals surface area contributed by atoms with Crippen LogP contribution in [0.3, 0.4) is 0 Å². The lowest BCUT2D eigenvalue weighted by atomic mass is 9.61. The summed E-state index contributed by atoms with van der Waals surface area (Å²) in [6.45, 7) is 10.2. The minimum absolute atomic E-state index is 0.762. The van der Waals surface area contributed by atoms with Crippen LogP contribution in [-0.4, -0.2) is 0 Å². The Kier molecular flexibility index (Phi) is 1.31. The first-order valence-electron chi connectivity index (χ1n) is 7.02. The first-order chi connectivity index (χ1) is 7.02. The summed E-state index contributed by atoms with van der Waals surface area (Å²) >= 11 is 0. The summed E-state index contributed by atoms with van der Waals surface area (Å²) in [5, 5.41) is 0. The van der Waals surface area contributed by atoms with Crippen molar-refractivity contribution in [3.05, 3.63) is 0 Å². The molecule has 0 aromatic rings. The third-order valence-electron chi connectivity index (χ3n) is 7.57. The summed E-state index contributed by atoms with van der Waals surface area (Å²) in [5.74, 6) is 6.57. The molecule has 5 fully saturated rings. The Bertz CT molecular complexity index is 329. The highest BCUT2D eigenvalue weighted by atomic mass is 14.9. The predicted molar refractivity (Wildman–Crippen MR) is 62.4 cm³/mol. The molecule has 0 heterocycles. The van der Waals surface area contributed by atoms with E-state index in [1.54, 1.807) is 12.8 Å². The van der Waals surface area contributed by atoms with Crippen molar-refractivity contribution in [3.63, 3.8) is 0 Å². The zero-order valence-corrected chi connectivity index (χ0v) is 10.6. The van der Waals surface area contributed by atoms with Crippen LogP contribution in [0.4, 0.5) is 0 Å². The molecule has 5 saturated carbocycles. The molecule has 0 amide bonds. The Morgan fingerprint density at radius 1 is 1.13 bits per heavy atom. The Morgan fingerprint density at radius 2 is 1.87 bits per heavy atom. The van der Waals surface area contributed by atoms with E-state index in [2.05, 4.69) is 27.7 Å². The van der Waals surface area contributed by atoms with E-state index in [0.717, 1.165) is 46.3 Å². The third-order valence-corrected chi connectivity index (χ3v) is 7.57. The third kappa shape index (κ3) is 0.666. The molecular formula is C15H24. The predicted octanol–water partition coefficient (Wildman–Crippen LogP) is 3.96. The van der Waals surface area contributed by atoms with Gasteiger partial charge in [-0.3, -0.25) is 0 Å². The van der Waals surface area contributed by atoms with Crippen LogP contribution in [0.15, 0.2) is 0 Å². The molecule has 0 aliphatic heterocycles. The van der Waals surface area contributed by atoms with Crippen LogP contribution in [0.25, 0.3) is 0 Å². The quantitative estimate of drug-likeness (QED) is 0.606. The Hall–Kier alpha value is 0. The molecule has 6 bridgehead atoms. The first-order valence-corrected chi connectivity index (χ1v) is 7.02. The molecule has 0 radical (unpaired) electrons. The number of hydrogen-bond donors (Lipinski definition) is 0. The molecule has 0 nitrogen and oxygen atoms in total. The summed E-state index contributed by atoms with van der Waals surface area (Å²) in [7, 11) is 0. The second kappa shape index (κ2) is 2.17. The molecule has 7 atom stereocenters. The van der Waals surface area contributed by atoms with Gasteiger partial charge >= 0.3 is 0 Å². The fourth-order valence-electron chi connectivity index (χ4n) is 6.72. The first kappa shape index (κ1) is 9.07. The maximum Gasteiger partial charge on any atom is -0.0204 e. The summed E-state index contributed by atoms with van der Waals surface area (Å²) < 4.78 is 0. The van der Waals surface area contributed by atoms with Gasteiger partial charge in [0, 0.05) is 0 Å². The Labute approximate surface area is 93.8 Å². The van der Waals surface area contributed by atoms with Crippen LogP contribution in [0.2, 0.25) is 0 Å². The van der Waals surface area contributed by atoms with E-state index < -0.39 is 0 Å². The van der Waals surface area contributed by atoms with Crippen LogP contribution in [0, 0.1) is 46.3 Å². The van der Waals surface area contributed by atoms with Crippen molar-refractivity contribution >= 4 is 0 Å². The molecule has 0 saturated heterocycles. The fraction of sp³-hybridized carbons (Fsp3) is 1.00. The lowest BCUT2D eigenvalue weighted by molar-refractivity contribution is 0.0483. The van der Waals surface area contributed by atoms with Crippen molar-refractivity contribution in [2.24, 2.45) is 46.3 Å². The van der Waals surface area contributed by atoms with E-state index in [4.69, 9.17) is 0 Å². The van der Waals surface area contributed by atoms with Gasteiger partial charge in [0.15, 0.2) is 0 Å². The van der Waals surface area contributed by atoms with Gasteiger partial charge in [0.05, 0.1) is 0 Å². The van der Waals surface area contributed by atoms with Crippen molar-refractivity contribution in [2.45, 2.75) is 47.0 Å². The topological polar surface area (TPSA) is 0 Å². The minimum Gasteiger partial charge on any atom is -0.0625 e. The molecule has 0 spiro atoms. The highest BCUT2D eigenvalue weighted by Crippen LogP contribution is 2.91. The highest BCUT2D eigenvalue weighted by molar-refractivity contribution is 5.33. The van der Waals surface area contributed by atoms with Gasteiger partial charge in [-0.05, 0) is 65.6 Å². The average molecular weight is 204 g/mol. The molecule has 5 rings (SSSR count). The molecule has 0 aromatic carbocycles. The van der Waals surface area contributed by atoms with Gasteiger partial charge < -0.3 is 0 Å². The van der Waals surface area contributed by atoms with E-state index in [0.29, 0.717) is 0 Å². The molecule has 5 aliphatic carbocycles. The summed E-state index contributed by atoms with van der Waals surface area (Å²) in [6, 6.07) is 0. The van der Waals surface area contributed by atoms with Crippen LogP contribution < -0.4 is 0 Å². The number of hydrogen-bond acceptors (Lipinski definition) is 0. The van der Waals surface area contributed by atoms with Gasteiger partial charge in [-0.2, -0.15) is 0 Å². The van der Waals surface area contributed by atoms with Crippen LogP contribution in [0.1, 0.15) is 47.0 Å². The van der Waals surface area contributed by atoms with Gasteiger partial charge in [0.2, 0.25) is 0 Å². The highest BCUT2D eigenvalue weighted by Gasteiger charge is 2.86. The molecule has 84 valence electrons. The van der Waals surface area contributed by atoms with Gasteiger partial charge in [0.25, 0.3) is 0 Å². The molecule has 15 heavy (non-hydrogen) atoms. The maximum atomic E-state index is 2.63. The molecule has 0 N–H and O–H groups in total. The second-order valence-electron chi connectivity index (χ2n) is 7.70. The number of rotatable bonds is 1. The van der Waals surface area contributed by atoms with Gasteiger partial charge in [-0.15, -0.1) is 0 Å². The SMILES string of the molecule is CC(C)[C@H]1CC[C@]2(C)[C@H]3C[C@@H]4[C@H](C13)[C@@]42C. The molecule has 1 unspecified atom stereocenters. The maximum absolute atomic E-state index is 2.63. The fourth-order valence-corrected chi connectivity index (χ4v) is 6.72. The Balaban J connectivity index is 1.80. The summed E-state index contributed by atoms with van der Waals surface area (Å²) in [5.41, 5.74) is 1.56. The minimum atomic E-state index is 0.762. The summed E-state index contributed by atoms with van der Waals surface area (Å²) in [4.78, 5) is 0. The second-order valence-corrected chi connectivity index (χ2v) is 7.70. The normalized spacial score (nSPS) is 69.0. The largest absolute Gasteiger partial charge is 0.0625 e.